The van der Waals surface area contributed by atoms with Crippen LogP contribution in [0, 0.1) is 0 Å². The number of aromatic nitrogens is 2. The second-order valence-corrected chi connectivity index (χ2v) is 7.25. The van der Waals surface area contributed by atoms with Gasteiger partial charge in [-0.25, -0.2) is 4.79 Å². The van der Waals surface area contributed by atoms with E-state index < -0.39 is 23.3 Å². The molecule has 0 aliphatic heterocycles. The van der Waals surface area contributed by atoms with E-state index in [1.54, 1.807) is 37.4 Å². The third kappa shape index (κ3) is 5.24. The molecule has 2 heterocycles. The summed E-state index contributed by atoms with van der Waals surface area (Å²) < 4.78 is 45.8. The Kier molecular flexibility index (Phi) is 6.51. The van der Waals surface area contributed by atoms with Gasteiger partial charge in [0.15, 0.2) is 0 Å². The zero-order valence-electron chi connectivity index (χ0n) is 15.8. The Morgan fingerprint density at radius 3 is 2.70 bits per heavy atom. The van der Waals surface area contributed by atoms with Crippen LogP contribution in [0.2, 0.25) is 0 Å². The number of pyridine rings is 1. The lowest BCUT2D eigenvalue weighted by atomic mass is 10.1. The molecule has 0 fully saturated rings. The van der Waals surface area contributed by atoms with Crippen LogP contribution in [-0.4, -0.2) is 22.1 Å². The van der Waals surface area contributed by atoms with Crippen LogP contribution in [0.1, 0.15) is 23.7 Å². The zero-order chi connectivity index (χ0) is 21.7. The number of esters is 1. The van der Waals surface area contributed by atoms with Crippen LogP contribution in [0.5, 0.6) is 0 Å². The standard InChI is InChI=1S/C21H17F3N2O3S/c1-2-29-19(27)12-18-26(13-14-6-5-7-15(10-14)21(22,23)24)20(28)17(30-18)11-16-8-3-4-9-25-16/h3-12H,2,13H2,1H3. The van der Waals surface area contributed by atoms with Gasteiger partial charge in [-0.2, -0.15) is 13.2 Å². The Labute approximate surface area is 173 Å². The first-order chi connectivity index (χ1) is 14.3. The lowest BCUT2D eigenvalue weighted by Gasteiger charge is -2.09. The van der Waals surface area contributed by atoms with Crippen molar-refractivity contribution in [1.82, 2.24) is 9.55 Å². The molecule has 0 atom stereocenters. The molecule has 0 aliphatic rings. The van der Waals surface area contributed by atoms with E-state index in [0.717, 1.165) is 23.5 Å². The van der Waals surface area contributed by atoms with Gasteiger partial charge in [-0.15, -0.1) is 11.3 Å². The van der Waals surface area contributed by atoms with Crippen molar-refractivity contribution in [3.63, 3.8) is 0 Å². The number of rotatable bonds is 5. The number of alkyl halides is 3. The molecular formula is C21H17F3N2O3S. The van der Waals surface area contributed by atoms with Gasteiger partial charge in [0, 0.05) is 6.20 Å². The van der Waals surface area contributed by atoms with Gasteiger partial charge in [-0.3, -0.25) is 14.3 Å². The second-order valence-electron chi connectivity index (χ2n) is 6.19. The molecule has 3 rings (SSSR count). The van der Waals surface area contributed by atoms with Gasteiger partial charge in [0.2, 0.25) is 0 Å². The average molecular weight is 434 g/mol. The number of carbonyl (C=O) groups excluding carboxylic acids is 1. The number of halogens is 3. The summed E-state index contributed by atoms with van der Waals surface area (Å²) in [5, 5.41) is 0. The normalized spacial score (nSPS) is 12.9. The highest BCUT2D eigenvalue weighted by molar-refractivity contribution is 7.07. The predicted molar refractivity (Wildman–Crippen MR) is 107 cm³/mol. The number of carbonyl (C=O) groups is 1. The zero-order valence-corrected chi connectivity index (χ0v) is 16.7. The maximum absolute atomic E-state index is 13.0. The van der Waals surface area contributed by atoms with Crippen LogP contribution < -0.4 is 14.8 Å². The van der Waals surface area contributed by atoms with Gasteiger partial charge in [0.1, 0.15) is 4.66 Å². The van der Waals surface area contributed by atoms with E-state index >= 15 is 0 Å². The number of benzene rings is 1. The maximum atomic E-state index is 13.0. The first-order valence-corrected chi connectivity index (χ1v) is 9.76. The molecule has 0 amide bonds. The maximum Gasteiger partial charge on any atom is 0.416 e. The van der Waals surface area contributed by atoms with E-state index in [-0.39, 0.29) is 23.4 Å². The molecule has 30 heavy (non-hydrogen) atoms. The van der Waals surface area contributed by atoms with Crippen LogP contribution >= 0.6 is 11.3 Å². The minimum Gasteiger partial charge on any atom is -0.463 e. The highest BCUT2D eigenvalue weighted by atomic mass is 32.1. The first-order valence-electron chi connectivity index (χ1n) is 8.95. The minimum atomic E-state index is -4.49. The van der Waals surface area contributed by atoms with Crippen LogP contribution in [-0.2, 0) is 22.3 Å². The van der Waals surface area contributed by atoms with Crippen LogP contribution in [0.15, 0.2) is 53.5 Å². The number of thiazole rings is 1. The molecule has 9 heteroatoms. The Hall–Kier alpha value is -3.20. The highest BCUT2D eigenvalue weighted by Gasteiger charge is 2.30. The SMILES string of the molecule is CCOC(=O)C=c1sc(=Cc2ccccn2)c(=O)n1Cc1cccc(C(F)(F)F)c1. The fraction of sp³-hybridized carbons (Fsp3) is 0.190. The fourth-order valence-corrected chi connectivity index (χ4v) is 3.72. The van der Waals surface area contributed by atoms with E-state index in [9.17, 15) is 22.8 Å². The smallest absolute Gasteiger partial charge is 0.416 e. The van der Waals surface area contributed by atoms with Gasteiger partial charge in [-0.05, 0) is 42.8 Å². The Balaban J connectivity index is 2.12. The summed E-state index contributed by atoms with van der Waals surface area (Å²) in [6, 6.07) is 9.94. The summed E-state index contributed by atoms with van der Waals surface area (Å²) in [4.78, 5) is 29.0. The van der Waals surface area contributed by atoms with Crippen molar-refractivity contribution >= 4 is 29.5 Å². The molecule has 2 aromatic heterocycles. The molecule has 156 valence electrons. The molecule has 1 aromatic carbocycles. The van der Waals surface area contributed by atoms with Crippen molar-refractivity contribution in [2.75, 3.05) is 6.61 Å². The molecule has 3 aromatic rings. The van der Waals surface area contributed by atoms with Gasteiger partial charge >= 0.3 is 12.1 Å². The predicted octanol–water partition coefficient (Wildman–Crippen LogP) is 2.54. The molecule has 0 radical (unpaired) electrons. The highest BCUT2D eigenvalue weighted by Crippen LogP contribution is 2.29. The first kappa shape index (κ1) is 21.5. The fourth-order valence-electron chi connectivity index (χ4n) is 2.70. The Bertz CT molecular complexity index is 1210. The van der Waals surface area contributed by atoms with E-state index in [1.165, 1.54) is 22.8 Å². The average Bonchev–Trinajstić information content (AvgIpc) is 2.97. The molecular weight excluding hydrogens is 417 g/mol. The van der Waals surface area contributed by atoms with Crippen molar-refractivity contribution < 1.29 is 22.7 Å². The monoisotopic (exact) mass is 434 g/mol. The summed E-state index contributed by atoms with van der Waals surface area (Å²) in [6.07, 6.45) is -0.184. The molecule has 5 nitrogen and oxygen atoms in total. The van der Waals surface area contributed by atoms with Crippen molar-refractivity contribution in [3.8, 4) is 0 Å². The molecule has 0 spiro atoms. The Morgan fingerprint density at radius 1 is 1.23 bits per heavy atom. The largest absolute Gasteiger partial charge is 0.463 e. The van der Waals surface area contributed by atoms with Gasteiger partial charge in [0.25, 0.3) is 5.56 Å². The topological polar surface area (TPSA) is 61.2 Å². The number of nitrogens with zero attached hydrogens (tertiary/aromatic N) is 2. The number of hydrogen-bond acceptors (Lipinski definition) is 5. The van der Waals surface area contributed by atoms with Crippen molar-refractivity contribution in [1.29, 1.82) is 0 Å². The summed E-state index contributed by atoms with van der Waals surface area (Å²) in [6.45, 7) is 1.68. The molecule has 0 unspecified atom stereocenters. The van der Waals surface area contributed by atoms with Crippen molar-refractivity contribution in [2.45, 2.75) is 19.6 Å². The van der Waals surface area contributed by atoms with Crippen LogP contribution in [0.25, 0.3) is 12.2 Å². The van der Waals surface area contributed by atoms with Crippen LogP contribution in [0.3, 0.4) is 0 Å². The number of ether oxygens (including phenoxy) is 1. The second kappa shape index (κ2) is 9.08. The molecule has 0 bridgehead atoms. The molecule has 0 aliphatic carbocycles. The summed E-state index contributed by atoms with van der Waals surface area (Å²) in [5.74, 6) is -0.638. The van der Waals surface area contributed by atoms with E-state index in [4.69, 9.17) is 4.74 Å². The van der Waals surface area contributed by atoms with Gasteiger partial charge in [0.05, 0.1) is 35.0 Å². The van der Waals surface area contributed by atoms with Gasteiger partial charge in [-0.1, -0.05) is 18.2 Å². The third-order valence-corrected chi connectivity index (χ3v) is 5.09. The lowest BCUT2D eigenvalue weighted by molar-refractivity contribution is -0.137. The summed E-state index contributed by atoms with van der Waals surface area (Å²) in [5.41, 5.74) is -0.407. The lowest BCUT2D eigenvalue weighted by Crippen LogP contribution is -2.32. The van der Waals surface area contributed by atoms with Gasteiger partial charge < -0.3 is 4.74 Å². The molecule has 0 saturated carbocycles. The van der Waals surface area contributed by atoms with E-state index in [0.29, 0.717) is 10.2 Å². The third-order valence-electron chi connectivity index (χ3n) is 4.03. The van der Waals surface area contributed by atoms with Crippen LogP contribution in [0.4, 0.5) is 13.2 Å². The molecule has 0 saturated heterocycles. The van der Waals surface area contributed by atoms with Crippen molar-refractivity contribution in [2.24, 2.45) is 0 Å². The Morgan fingerprint density at radius 2 is 2.03 bits per heavy atom. The summed E-state index contributed by atoms with van der Waals surface area (Å²) in [7, 11) is 0. The van der Waals surface area contributed by atoms with E-state index in [1.807, 2.05) is 0 Å². The quantitative estimate of drug-likeness (QED) is 0.579. The summed E-state index contributed by atoms with van der Waals surface area (Å²) >= 11 is 1.04. The number of hydrogen-bond donors (Lipinski definition) is 0. The molecule has 0 N–H and O–H groups in total. The minimum absolute atomic E-state index is 0.124. The van der Waals surface area contributed by atoms with E-state index in [2.05, 4.69) is 4.98 Å². The van der Waals surface area contributed by atoms with Crippen molar-refractivity contribution in [3.05, 3.63) is 85.0 Å².